The van der Waals surface area contributed by atoms with Crippen LogP contribution in [0.4, 0.5) is 0 Å². The van der Waals surface area contributed by atoms with Gasteiger partial charge in [-0.15, -0.1) is 0 Å². The van der Waals surface area contributed by atoms with Crippen molar-refractivity contribution in [2.75, 3.05) is 6.61 Å². The molecule has 0 aromatic heterocycles. The molecule has 0 aliphatic rings. The maximum atomic E-state index is 11.4. The summed E-state index contributed by atoms with van der Waals surface area (Å²) in [5.74, 6) is 0.735. The van der Waals surface area contributed by atoms with E-state index in [0.29, 0.717) is 13.0 Å². The van der Waals surface area contributed by atoms with Crippen molar-refractivity contribution >= 4 is 5.97 Å². The van der Waals surface area contributed by atoms with Crippen LogP contribution < -0.4 is 0 Å². The summed E-state index contributed by atoms with van der Waals surface area (Å²) in [7, 11) is 0. The van der Waals surface area contributed by atoms with E-state index in [4.69, 9.17) is 4.74 Å². The Hall–Kier alpha value is -0.530. The molecule has 0 aromatic rings. The molecule has 2 heteroatoms. The van der Waals surface area contributed by atoms with Gasteiger partial charge >= 0.3 is 5.97 Å². The molecule has 0 atom stereocenters. The fourth-order valence-electron chi connectivity index (χ4n) is 2.18. The predicted molar refractivity (Wildman–Crippen MR) is 73.0 cm³/mol. The summed E-state index contributed by atoms with van der Waals surface area (Å²) < 4.78 is 5.27. The molecule has 0 spiro atoms. The number of rotatable bonds is 11. The highest BCUT2D eigenvalue weighted by molar-refractivity contribution is 5.69. The van der Waals surface area contributed by atoms with Crippen molar-refractivity contribution in [2.24, 2.45) is 5.92 Å². The largest absolute Gasteiger partial charge is 0.466 e. The molecule has 0 saturated heterocycles. The molecule has 0 N–H and O–H groups in total. The van der Waals surface area contributed by atoms with E-state index in [-0.39, 0.29) is 5.97 Å². The maximum absolute atomic E-state index is 11.4. The van der Waals surface area contributed by atoms with Crippen molar-refractivity contribution in [3.63, 3.8) is 0 Å². The van der Waals surface area contributed by atoms with Crippen LogP contribution in [0.3, 0.4) is 0 Å². The van der Waals surface area contributed by atoms with E-state index in [0.717, 1.165) is 31.6 Å². The van der Waals surface area contributed by atoms with Gasteiger partial charge in [-0.2, -0.15) is 0 Å². The fourth-order valence-corrected chi connectivity index (χ4v) is 2.18. The number of ether oxygens (including phenoxy) is 1. The third-order valence-corrected chi connectivity index (χ3v) is 3.17. The average Bonchev–Trinajstić information content (AvgIpc) is 2.30. The Morgan fingerprint density at radius 1 is 0.941 bits per heavy atom. The zero-order valence-electron chi connectivity index (χ0n) is 12.0. The van der Waals surface area contributed by atoms with Crippen LogP contribution in [0, 0.1) is 5.92 Å². The van der Waals surface area contributed by atoms with Gasteiger partial charge in [-0.05, 0) is 18.8 Å². The van der Waals surface area contributed by atoms with Crippen molar-refractivity contribution in [3.8, 4) is 0 Å². The first-order valence-corrected chi connectivity index (χ1v) is 7.40. The first kappa shape index (κ1) is 16.5. The molecular formula is C15H30O2. The van der Waals surface area contributed by atoms with Crippen LogP contribution in [0.1, 0.15) is 78.6 Å². The molecule has 0 radical (unpaired) electrons. The molecular weight excluding hydrogens is 212 g/mol. The second kappa shape index (κ2) is 11.9. The summed E-state index contributed by atoms with van der Waals surface area (Å²) in [6.07, 6.45) is 9.89. The molecule has 0 rings (SSSR count). The van der Waals surface area contributed by atoms with E-state index in [1.165, 1.54) is 25.7 Å². The average molecular weight is 242 g/mol. The molecule has 0 saturated carbocycles. The van der Waals surface area contributed by atoms with E-state index in [2.05, 4.69) is 20.8 Å². The Morgan fingerprint density at radius 3 is 2.12 bits per heavy atom. The lowest BCUT2D eigenvalue weighted by Gasteiger charge is -2.14. The summed E-state index contributed by atoms with van der Waals surface area (Å²) in [5.41, 5.74) is 0. The summed E-state index contributed by atoms with van der Waals surface area (Å²) in [6.45, 7) is 7.21. The van der Waals surface area contributed by atoms with Gasteiger partial charge in [-0.3, -0.25) is 4.79 Å². The number of hydrogen-bond acceptors (Lipinski definition) is 2. The molecule has 0 bridgehead atoms. The molecule has 0 aromatic carbocycles. The molecule has 102 valence electrons. The maximum Gasteiger partial charge on any atom is 0.305 e. The minimum absolute atomic E-state index is 0.00908. The highest BCUT2D eigenvalue weighted by Gasteiger charge is 2.08. The smallest absolute Gasteiger partial charge is 0.305 e. The van der Waals surface area contributed by atoms with Gasteiger partial charge < -0.3 is 4.74 Å². The van der Waals surface area contributed by atoms with E-state index in [1.807, 2.05) is 0 Å². The van der Waals surface area contributed by atoms with Crippen LogP contribution in [0.5, 0.6) is 0 Å². The standard InChI is InChI=1S/C15H30O2/c1-4-7-8-11-15(16)17-13-12-14(9-5-2)10-6-3/h14H,4-13H2,1-3H3. The van der Waals surface area contributed by atoms with Crippen molar-refractivity contribution in [3.05, 3.63) is 0 Å². The Labute approximate surface area is 107 Å². The summed E-state index contributed by atoms with van der Waals surface area (Å²) in [4.78, 5) is 11.4. The van der Waals surface area contributed by atoms with Crippen LogP contribution in [0.25, 0.3) is 0 Å². The van der Waals surface area contributed by atoms with E-state index in [9.17, 15) is 4.79 Å². The fraction of sp³-hybridized carbons (Fsp3) is 0.933. The number of carbonyl (C=O) groups is 1. The molecule has 0 amide bonds. The van der Waals surface area contributed by atoms with Crippen molar-refractivity contribution in [1.82, 2.24) is 0 Å². The van der Waals surface area contributed by atoms with Crippen LogP contribution in [-0.4, -0.2) is 12.6 Å². The second-order valence-electron chi connectivity index (χ2n) is 4.91. The topological polar surface area (TPSA) is 26.3 Å². The molecule has 0 heterocycles. The SMILES string of the molecule is CCCCCC(=O)OCCC(CCC)CCC. The Morgan fingerprint density at radius 2 is 1.59 bits per heavy atom. The van der Waals surface area contributed by atoms with Crippen molar-refractivity contribution in [2.45, 2.75) is 78.6 Å². The van der Waals surface area contributed by atoms with Crippen molar-refractivity contribution < 1.29 is 9.53 Å². The van der Waals surface area contributed by atoms with Gasteiger partial charge in [0.25, 0.3) is 0 Å². The summed E-state index contributed by atoms with van der Waals surface area (Å²) in [5, 5.41) is 0. The van der Waals surface area contributed by atoms with Gasteiger partial charge in [0.05, 0.1) is 6.61 Å². The van der Waals surface area contributed by atoms with E-state index >= 15 is 0 Å². The highest BCUT2D eigenvalue weighted by atomic mass is 16.5. The third-order valence-electron chi connectivity index (χ3n) is 3.17. The second-order valence-corrected chi connectivity index (χ2v) is 4.91. The third kappa shape index (κ3) is 10.3. The minimum Gasteiger partial charge on any atom is -0.466 e. The highest BCUT2D eigenvalue weighted by Crippen LogP contribution is 2.17. The van der Waals surface area contributed by atoms with Crippen LogP contribution in [0.15, 0.2) is 0 Å². The Kier molecular flexibility index (Phi) is 11.6. The van der Waals surface area contributed by atoms with Gasteiger partial charge in [0.1, 0.15) is 0 Å². The number of hydrogen-bond donors (Lipinski definition) is 0. The van der Waals surface area contributed by atoms with Gasteiger partial charge in [0.15, 0.2) is 0 Å². The van der Waals surface area contributed by atoms with Crippen molar-refractivity contribution in [1.29, 1.82) is 0 Å². The van der Waals surface area contributed by atoms with E-state index < -0.39 is 0 Å². The zero-order chi connectivity index (χ0) is 12.9. The Bertz CT molecular complexity index is 172. The van der Waals surface area contributed by atoms with Gasteiger partial charge in [0.2, 0.25) is 0 Å². The summed E-state index contributed by atoms with van der Waals surface area (Å²) in [6, 6.07) is 0. The lowest BCUT2D eigenvalue weighted by molar-refractivity contribution is -0.144. The first-order valence-electron chi connectivity index (χ1n) is 7.40. The van der Waals surface area contributed by atoms with Gasteiger partial charge in [-0.1, -0.05) is 59.3 Å². The predicted octanol–water partition coefficient (Wildman–Crippen LogP) is 4.72. The van der Waals surface area contributed by atoms with Crippen LogP contribution in [0.2, 0.25) is 0 Å². The monoisotopic (exact) mass is 242 g/mol. The quantitative estimate of drug-likeness (QED) is 0.387. The van der Waals surface area contributed by atoms with Crippen LogP contribution >= 0.6 is 0 Å². The summed E-state index contributed by atoms with van der Waals surface area (Å²) >= 11 is 0. The molecule has 0 aliphatic carbocycles. The lowest BCUT2D eigenvalue weighted by atomic mass is 9.95. The molecule has 2 nitrogen and oxygen atoms in total. The zero-order valence-corrected chi connectivity index (χ0v) is 12.0. The minimum atomic E-state index is -0.00908. The first-order chi connectivity index (χ1) is 8.24. The molecule has 0 fully saturated rings. The number of esters is 1. The van der Waals surface area contributed by atoms with Crippen LogP contribution in [-0.2, 0) is 9.53 Å². The van der Waals surface area contributed by atoms with E-state index in [1.54, 1.807) is 0 Å². The Balaban J connectivity index is 3.54. The number of carbonyl (C=O) groups excluding carboxylic acids is 1. The molecule has 17 heavy (non-hydrogen) atoms. The molecule has 0 unspecified atom stereocenters. The van der Waals surface area contributed by atoms with Gasteiger partial charge in [0, 0.05) is 6.42 Å². The molecule has 0 aliphatic heterocycles. The normalized spacial score (nSPS) is 10.8. The van der Waals surface area contributed by atoms with Gasteiger partial charge in [-0.25, -0.2) is 0 Å². The number of unbranched alkanes of at least 4 members (excludes halogenated alkanes) is 2. The lowest BCUT2D eigenvalue weighted by Crippen LogP contribution is -2.10.